The van der Waals surface area contributed by atoms with Crippen LogP contribution in [0.3, 0.4) is 0 Å². The number of carbonyl (C=O) groups is 1. The number of carbonyl (C=O) groups excluding carboxylic acids is 1. The van der Waals surface area contributed by atoms with E-state index in [4.69, 9.17) is 0 Å². The van der Waals surface area contributed by atoms with Crippen LogP contribution in [0.5, 0.6) is 0 Å². The molecule has 1 aliphatic carbocycles. The lowest BCUT2D eigenvalue weighted by atomic mass is 9.89. The Labute approximate surface area is 139 Å². The smallest absolute Gasteiger partial charge is 0.242 e. The van der Waals surface area contributed by atoms with E-state index in [2.05, 4.69) is 5.32 Å². The van der Waals surface area contributed by atoms with Gasteiger partial charge in [0.2, 0.25) is 5.91 Å². The number of hydrogen-bond acceptors (Lipinski definition) is 3. The summed E-state index contributed by atoms with van der Waals surface area (Å²) in [7, 11) is 3.85. The molecule has 1 fully saturated rings. The van der Waals surface area contributed by atoms with Gasteiger partial charge in [-0.15, -0.1) is 0 Å². The highest BCUT2D eigenvalue weighted by Crippen LogP contribution is 2.29. The zero-order chi connectivity index (χ0) is 16.9. The van der Waals surface area contributed by atoms with Crippen LogP contribution in [0.2, 0.25) is 0 Å². The number of rotatable bonds is 5. The Morgan fingerprint density at radius 1 is 1.22 bits per heavy atom. The summed E-state index contributed by atoms with van der Waals surface area (Å²) in [5.74, 6) is -0.0137. The standard InChI is InChI=1S/C19H30N2O2/c1-15-10-6-7-11-16(15)17(21(2)3)18(23)20-19(14-22)12-8-4-5-9-13-19/h6-7,10-11,17,22H,4-5,8-9,12-14H2,1-3H3,(H,20,23)/t17-/m0/s1. The summed E-state index contributed by atoms with van der Waals surface area (Å²) in [4.78, 5) is 15.0. The molecule has 4 heteroatoms. The number of nitrogens with zero attached hydrogens (tertiary/aromatic N) is 1. The van der Waals surface area contributed by atoms with Gasteiger partial charge in [-0.2, -0.15) is 0 Å². The molecule has 0 heterocycles. The van der Waals surface area contributed by atoms with Gasteiger partial charge in [0.15, 0.2) is 0 Å². The second-order valence-electron chi connectivity index (χ2n) is 7.06. The maximum absolute atomic E-state index is 13.0. The van der Waals surface area contributed by atoms with Gasteiger partial charge in [0, 0.05) is 0 Å². The second kappa shape index (κ2) is 7.93. The monoisotopic (exact) mass is 318 g/mol. The third kappa shape index (κ3) is 4.33. The molecule has 0 spiro atoms. The number of aliphatic hydroxyl groups is 1. The molecular formula is C19H30N2O2. The molecule has 1 aliphatic rings. The average molecular weight is 318 g/mol. The van der Waals surface area contributed by atoms with Gasteiger partial charge < -0.3 is 10.4 Å². The van der Waals surface area contributed by atoms with Crippen LogP contribution >= 0.6 is 0 Å². The van der Waals surface area contributed by atoms with Crippen molar-refractivity contribution in [3.8, 4) is 0 Å². The van der Waals surface area contributed by atoms with E-state index in [9.17, 15) is 9.90 Å². The zero-order valence-corrected chi connectivity index (χ0v) is 14.6. The number of aliphatic hydroxyl groups excluding tert-OH is 1. The third-order valence-electron chi connectivity index (χ3n) is 5.00. The molecule has 1 saturated carbocycles. The van der Waals surface area contributed by atoms with Crippen LogP contribution in [0.4, 0.5) is 0 Å². The van der Waals surface area contributed by atoms with Crippen LogP contribution in [0.25, 0.3) is 0 Å². The van der Waals surface area contributed by atoms with Gasteiger partial charge in [0.25, 0.3) is 0 Å². The summed E-state index contributed by atoms with van der Waals surface area (Å²) >= 11 is 0. The Morgan fingerprint density at radius 2 is 1.83 bits per heavy atom. The Hall–Kier alpha value is -1.39. The lowest BCUT2D eigenvalue weighted by Crippen LogP contribution is -2.54. The SMILES string of the molecule is Cc1ccccc1[C@@H](C(=O)NC1(CO)CCCCCC1)N(C)C. The molecule has 1 aromatic carbocycles. The minimum atomic E-state index is -0.454. The van der Waals surface area contributed by atoms with Crippen LogP contribution in [0.15, 0.2) is 24.3 Å². The van der Waals surface area contributed by atoms with Crippen LogP contribution < -0.4 is 5.32 Å². The summed E-state index contributed by atoms with van der Waals surface area (Å²) in [6.07, 6.45) is 6.24. The van der Waals surface area contributed by atoms with Gasteiger partial charge in [0.05, 0.1) is 12.1 Å². The quantitative estimate of drug-likeness (QED) is 0.821. The largest absolute Gasteiger partial charge is 0.394 e. The Bertz CT molecular complexity index is 520. The zero-order valence-electron chi connectivity index (χ0n) is 14.6. The lowest BCUT2D eigenvalue weighted by molar-refractivity contribution is -0.128. The van der Waals surface area contributed by atoms with Crippen molar-refractivity contribution < 1.29 is 9.90 Å². The fourth-order valence-corrected chi connectivity index (χ4v) is 3.61. The maximum atomic E-state index is 13.0. The lowest BCUT2D eigenvalue weighted by Gasteiger charge is -2.35. The van der Waals surface area contributed by atoms with Crippen molar-refractivity contribution in [2.75, 3.05) is 20.7 Å². The first-order valence-corrected chi connectivity index (χ1v) is 8.64. The number of hydrogen-bond donors (Lipinski definition) is 2. The number of aryl methyl sites for hydroxylation is 1. The van der Waals surface area contributed by atoms with Crippen LogP contribution in [-0.2, 0) is 4.79 Å². The Morgan fingerprint density at radius 3 is 2.35 bits per heavy atom. The van der Waals surface area contributed by atoms with Crippen molar-refractivity contribution in [1.82, 2.24) is 10.2 Å². The molecule has 2 N–H and O–H groups in total. The van der Waals surface area contributed by atoms with Gasteiger partial charge in [-0.05, 0) is 45.0 Å². The van der Waals surface area contributed by atoms with E-state index < -0.39 is 5.54 Å². The second-order valence-corrected chi connectivity index (χ2v) is 7.06. The highest BCUT2D eigenvalue weighted by Gasteiger charge is 2.35. The third-order valence-corrected chi connectivity index (χ3v) is 5.00. The van der Waals surface area contributed by atoms with Gasteiger partial charge in [-0.1, -0.05) is 49.9 Å². The van der Waals surface area contributed by atoms with Crippen molar-refractivity contribution in [3.05, 3.63) is 35.4 Å². The average Bonchev–Trinajstić information content (AvgIpc) is 2.75. The first kappa shape index (κ1) is 18.0. The molecule has 1 amide bonds. The van der Waals surface area contributed by atoms with Crippen LogP contribution in [-0.4, -0.2) is 42.2 Å². The van der Waals surface area contributed by atoms with Crippen molar-refractivity contribution in [2.24, 2.45) is 0 Å². The van der Waals surface area contributed by atoms with Crippen LogP contribution in [0.1, 0.15) is 55.7 Å². The van der Waals surface area contributed by atoms with Crippen molar-refractivity contribution in [1.29, 1.82) is 0 Å². The van der Waals surface area contributed by atoms with E-state index in [1.165, 1.54) is 12.8 Å². The fraction of sp³-hybridized carbons (Fsp3) is 0.632. The van der Waals surface area contributed by atoms with Gasteiger partial charge in [-0.25, -0.2) is 0 Å². The molecule has 1 atom stereocenters. The van der Waals surface area contributed by atoms with E-state index in [0.717, 1.165) is 36.8 Å². The summed E-state index contributed by atoms with van der Waals surface area (Å²) in [6, 6.07) is 7.68. The van der Waals surface area contributed by atoms with E-state index in [-0.39, 0.29) is 18.6 Å². The molecule has 0 saturated heterocycles. The molecule has 23 heavy (non-hydrogen) atoms. The highest BCUT2D eigenvalue weighted by molar-refractivity contribution is 5.84. The first-order chi connectivity index (χ1) is 11.0. The van der Waals surface area contributed by atoms with Gasteiger partial charge in [0.1, 0.15) is 6.04 Å². The van der Waals surface area contributed by atoms with E-state index in [1.54, 1.807) is 0 Å². The van der Waals surface area contributed by atoms with E-state index >= 15 is 0 Å². The number of benzene rings is 1. The van der Waals surface area contributed by atoms with E-state index in [0.29, 0.717) is 0 Å². The molecule has 1 aromatic rings. The minimum Gasteiger partial charge on any atom is -0.394 e. The van der Waals surface area contributed by atoms with E-state index in [1.807, 2.05) is 50.2 Å². The minimum absolute atomic E-state index is 0.0137. The van der Waals surface area contributed by atoms with Crippen molar-refractivity contribution in [3.63, 3.8) is 0 Å². The molecule has 2 rings (SSSR count). The molecule has 128 valence electrons. The molecule has 0 bridgehead atoms. The number of nitrogens with one attached hydrogen (secondary N) is 1. The summed E-state index contributed by atoms with van der Waals surface area (Å²) < 4.78 is 0. The normalized spacial score (nSPS) is 19.2. The topological polar surface area (TPSA) is 52.6 Å². The number of amides is 1. The predicted octanol–water partition coefficient (Wildman–Crippen LogP) is 2.80. The maximum Gasteiger partial charge on any atom is 0.242 e. The summed E-state index contributed by atoms with van der Waals surface area (Å²) in [5.41, 5.74) is 1.68. The highest BCUT2D eigenvalue weighted by atomic mass is 16.3. The Kier molecular flexibility index (Phi) is 6.19. The van der Waals surface area contributed by atoms with Gasteiger partial charge >= 0.3 is 0 Å². The molecule has 4 nitrogen and oxygen atoms in total. The molecule has 0 radical (unpaired) electrons. The fourth-order valence-electron chi connectivity index (χ4n) is 3.61. The molecule has 0 unspecified atom stereocenters. The Balaban J connectivity index is 2.22. The first-order valence-electron chi connectivity index (χ1n) is 8.64. The van der Waals surface area contributed by atoms with Crippen molar-refractivity contribution in [2.45, 2.75) is 57.0 Å². The molecular weight excluding hydrogens is 288 g/mol. The molecule has 0 aromatic heterocycles. The molecule has 0 aliphatic heterocycles. The predicted molar refractivity (Wildman–Crippen MR) is 93.3 cm³/mol. The van der Waals surface area contributed by atoms with Crippen LogP contribution in [0, 0.1) is 6.92 Å². The summed E-state index contributed by atoms with van der Waals surface area (Å²) in [6.45, 7) is 2.05. The van der Waals surface area contributed by atoms with Gasteiger partial charge in [-0.3, -0.25) is 9.69 Å². The summed E-state index contributed by atoms with van der Waals surface area (Å²) in [5, 5.41) is 13.1. The number of likely N-dealkylation sites (N-methyl/N-ethyl adjacent to an activating group) is 1. The van der Waals surface area contributed by atoms with Crippen molar-refractivity contribution >= 4 is 5.91 Å².